The minimum absolute atomic E-state index is 0.214. The summed E-state index contributed by atoms with van der Waals surface area (Å²) in [5.41, 5.74) is 2.05. The average molecular weight is 342 g/mol. The van der Waals surface area contributed by atoms with E-state index in [9.17, 15) is 8.42 Å². The van der Waals surface area contributed by atoms with Crippen LogP contribution in [-0.2, 0) is 16.4 Å². The molecular weight excluding hydrogens is 324 g/mol. The summed E-state index contributed by atoms with van der Waals surface area (Å²) in [4.78, 5) is 4.49. The van der Waals surface area contributed by atoms with E-state index in [1.165, 1.54) is 0 Å². The van der Waals surface area contributed by atoms with Crippen LogP contribution in [0.5, 0.6) is 5.75 Å². The molecule has 0 fully saturated rings. The molecule has 0 saturated carbocycles. The number of aromatic nitrogens is 1. The zero-order chi connectivity index (χ0) is 17.2. The molecule has 5 nitrogen and oxygen atoms in total. The van der Waals surface area contributed by atoms with Crippen LogP contribution in [0.2, 0.25) is 0 Å². The number of benzene rings is 2. The standard InChI is InChI=1S/C18H18N2O3S/c1-3-13-6-8-16(9-7-13)24(21,22)20-17-12-15(23-2)11-14-5-4-10-19-18(14)17/h4-12,20H,3H2,1-2H3. The van der Waals surface area contributed by atoms with Crippen molar-refractivity contribution in [3.05, 3.63) is 60.3 Å². The highest BCUT2D eigenvalue weighted by Crippen LogP contribution is 2.29. The van der Waals surface area contributed by atoms with Gasteiger partial charge in [0.15, 0.2) is 0 Å². The molecule has 124 valence electrons. The topological polar surface area (TPSA) is 68.3 Å². The number of fused-ring (bicyclic) bond motifs is 1. The molecule has 0 aliphatic carbocycles. The van der Waals surface area contributed by atoms with Gasteiger partial charge >= 0.3 is 0 Å². The van der Waals surface area contributed by atoms with Gasteiger partial charge < -0.3 is 4.74 Å². The molecule has 6 heteroatoms. The Morgan fingerprint density at radius 2 is 1.88 bits per heavy atom. The Morgan fingerprint density at radius 3 is 2.54 bits per heavy atom. The number of pyridine rings is 1. The van der Waals surface area contributed by atoms with Gasteiger partial charge in [-0.2, -0.15) is 0 Å². The summed E-state index contributed by atoms with van der Waals surface area (Å²) < 4.78 is 33.2. The van der Waals surface area contributed by atoms with Crippen LogP contribution in [0.3, 0.4) is 0 Å². The number of nitrogens with one attached hydrogen (secondary N) is 1. The van der Waals surface area contributed by atoms with Crippen LogP contribution in [0, 0.1) is 0 Å². The smallest absolute Gasteiger partial charge is 0.261 e. The van der Waals surface area contributed by atoms with Gasteiger partial charge in [-0.3, -0.25) is 9.71 Å². The van der Waals surface area contributed by atoms with E-state index in [0.29, 0.717) is 17.0 Å². The summed E-state index contributed by atoms with van der Waals surface area (Å²) in [6.07, 6.45) is 2.49. The molecule has 24 heavy (non-hydrogen) atoms. The van der Waals surface area contributed by atoms with Crippen molar-refractivity contribution in [3.8, 4) is 5.75 Å². The van der Waals surface area contributed by atoms with Gasteiger partial charge in [0, 0.05) is 17.6 Å². The van der Waals surface area contributed by atoms with Crippen LogP contribution in [0.1, 0.15) is 12.5 Å². The maximum absolute atomic E-state index is 12.7. The molecule has 0 aliphatic rings. The van der Waals surface area contributed by atoms with Crippen LogP contribution in [0.15, 0.2) is 59.6 Å². The summed E-state index contributed by atoms with van der Waals surface area (Å²) in [5, 5.41) is 0.802. The summed E-state index contributed by atoms with van der Waals surface area (Å²) in [6.45, 7) is 2.02. The summed E-state index contributed by atoms with van der Waals surface area (Å²) in [6, 6.07) is 14.0. The molecule has 0 aliphatic heterocycles. The molecule has 1 heterocycles. The molecule has 0 bridgehead atoms. The van der Waals surface area contributed by atoms with E-state index >= 15 is 0 Å². The van der Waals surface area contributed by atoms with Crippen molar-refractivity contribution < 1.29 is 13.2 Å². The van der Waals surface area contributed by atoms with Gasteiger partial charge in [-0.1, -0.05) is 25.1 Å². The van der Waals surface area contributed by atoms with Crippen molar-refractivity contribution in [2.75, 3.05) is 11.8 Å². The lowest BCUT2D eigenvalue weighted by Gasteiger charge is -2.12. The monoisotopic (exact) mass is 342 g/mol. The third-order valence-electron chi connectivity index (χ3n) is 3.80. The largest absolute Gasteiger partial charge is 0.497 e. The molecule has 1 N–H and O–H groups in total. The Morgan fingerprint density at radius 1 is 1.12 bits per heavy atom. The van der Waals surface area contributed by atoms with E-state index in [0.717, 1.165) is 17.4 Å². The number of sulfonamides is 1. The molecular formula is C18H18N2O3S. The molecule has 0 atom stereocenters. The number of hydrogen-bond donors (Lipinski definition) is 1. The van der Waals surface area contributed by atoms with E-state index in [4.69, 9.17) is 4.74 Å². The quantitative estimate of drug-likeness (QED) is 0.769. The number of aryl methyl sites for hydroxylation is 1. The molecule has 0 spiro atoms. The third kappa shape index (κ3) is 3.19. The van der Waals surface area contributed by atoms with Gasteiger partial charge in [-0.25, -0.2) is 8.42 Å². The number of ether oxygens (including phenoxy) is 1. The molecule has 3 aromatic rings. The molecule has 0 saturated heterocycles. The first-order valence-electron chi connectivity index (χ1n) is 7.58. The minimum atomic E-state index is -3.70. The lowest BCUT2D eigenvalue weighted by Crippen LogP contribution is -2.13. The second-order valence-electron chi connectivity index (χ2n) is 5.35. The SMILES string of the molecule is CCc1ccc(S(=O)(=O)Nc2cc(OC)cc3cccnc23)cc1. The van der Waals surface area contributed by atoms with E-state index in [2.05, 4.69) is 9.71 Å². The Labute approximate surface area is 141 Å². The molecule has 0 unspecified atom stereocenters. The summed E-state index contributed by atoms with van der Waals surface area (Å²) >= 11 is 0. The van der Waals surface area contributed by atoms with Crippen LogP contribution in [0.25, 0.3) is 10.9 Å². The van der Waals surface area contributed by atoms with Crippen molar-refractivity contribution in [2.24, 2.45) is 0 Å². The predicted molar refractivity (Wildman–Crippen MR) is 94.9 cm³/mol. The van der Waals surface area contributed by atoms with Crippen molar-refractivity contribution in [1.82, 2.24) is 4.98 Å². The number of anilines is 1. The first kappa shape index (κ1) is 16.3. The van der Waals surface area contributed by atoms with Crippen LogP contribution in [0.4, 0.5) is 5.69 Å². The molecule has 1 aromatic heterocycles. The van der Waals surface area contributed by atoms with Gasteiger partial charge in [-0.05, 0) is 36.2 Å². The highest BCUT2D eigenvalue weighted by molar-refractivity contribution is 7.92. The molecule has 0 amide bonds. The number of methoxy groups -OCH3 is 1. The Bertz CT molecular complexity index is 967. The van der Waals surface area contributed by atoms with Gasteiger partial charge in [0.2, 0.25) is 0 Å². The van der Waals surface area contributed by atoms with E-state index in [1.54, 1.807) is 37.6 Å². The second-order valence-corrected chi connectivity index (χ2v) is 7.04. The van der Waals surface area contributed by atoms with Gasteiger partial charge in [0.05, 0.1) is 23.2 Å². The van der Waals surface area contributed by atoms with E-state index < -0.39 is 10.0 Å². The summed E-state index contributed by atoms with van der Waals surface area (Å²) in [5.74, 6) is 0.564. The predicted octanol–water partition coefficient (Wildman–Crippen LogP) is 3.61. The van der Waals surface area contributed by atoms with E-state index in [1.807, 2.05) is 31.2 Å². The van der Waals surface area contributed by atoms with Gasteiger partial charge in [0.1, 0.15) is 5.75 Å². The molecule has 2 aromatic carbocycles. The van der Waals surface area contributed by atoms with Crippen molar-refractivity contribution in [1.29, 1.82) is 0 Å². The zero-order valence-corrected chi connectivity index (χ0v) is 14.3. The average Bonchev–Trinajstić information content (AvgIpc) is 2.61. The maximum Gasteiger partial charge on any atom is 0.261 e. The van der Waals surface area contributed by atoms with Crippen molar-refractivity contribution >= 4 is 26.6 Å². The Kier molecular flexibility index (Phi) is 4.40. The van der Waals surface area contributed by atoms with Crippen molar-refractivity contribution in [3.63, 3.8) is 0 Å². The van der Waals surface area contributed by atoms with Crippen LogP contribution >= 0.6 is 0 Å². The lowest BCUT2D eigenvalue weighted by atomic mass is 10.2. The summed E-state index contributed by atoms with van der Waals surface area (Å²) in [7, 11) is -2.16. The maximum atomic E-state index is 12.7. The Balaban J connectivity index is 2.04. The third-order valence-corrected chi connectivity index (χ3v) is 5.18. The highest BCUT2D eigenvalue weighted by Gasteiger charge is 2.17. The number of hydrogen-bond acceptors (Lipinski definition) is 4. The normalized spacial score (nSPS) is 11.4. The second kappa shape index (κ2) is 6.49. The lowest BCUT2D eigenvalue weighted by molar-refractivity contribution is 0.415. The van der Waals surface area contributed by atoms with Crippen molar-refractivity contribution in [2.45, 2.75) is 18.2 Å². The zero-order valence-electron chi connectivity index (χ0n) is 13.5. The first-order chi connectivity index (χ1) is 11.5. The fourth-order valence-electron chi connectivity index (χ4n) is 2.47. The molecule has 3 rings (SSSR count). The fraction of sp³-hybridized carbons (Fsp3) is 0.167. The first-order valence-corrected chi connectivity index (χ1v) is 9.06. The van der Waals surface area contributed by atoms with E-state index in [-0.39, 0.29) is 4.90 Å². The number of nitrogens with zero attached hydrogens (tertiary/aromatic N) is 1. The van der Waals surface area contributed by atoms with Gasteiger partial charge in [-0.15, -0.1) is 0 Å². The van der Waals surface area contributed by atoms with Gasteiger partial charge in [0.25, 0.3) is 10.0 Å². The number of rotatable bonds is 5. The van der Waals surface area contributed by atoms with Crippen LogP contribution in [-0.4, -0.2) is 20.5 Å². The molecule has 0 radical (unpaired) electrons. The Hall–Kier alpha value is -2.60. The minimum Gasteiger partial charge on any atom is -0.497 e. The fourth-order valence-corrected chi connectivity index (χ4v) is 3.53. The highest BCUT2D eigenvalue weighted by atomic mass is 32.2. The van der Waals surface area contributed by atoms with Crippen LogP contribution < -0.4 is 9.46 Å².